The van der Waals surface area contributed by atoms with Gasteiger partial charge in [-0.3, -0.25) is 14.9 Å². The highest BCUT2D eigenvalue weighted by Crippen LogP contribution is 2.27. The van der Waals surface area contributed by atoms with Crippen LogP contribution in [0.5, 0.6) is 0 Å². The number of para-hydroxylation sites is 1. The third kappa shape index (κ3) is 3.98. The summed E-state index contributed by atoms with van der Waals surface area (Å²) in [5.74, 6) is -0.624. The highest BCUT2D eigenvalue weighted by atomic mass is 32.1. The Balaban J connectivity index is 1.51. The Kier molecular flexibility index (Phi) is 5.22. The second-order valence-corrected chi connectivity index (χ2v) is 7.50. The molecule has 0 aliphatic carbocycles. The number of carbonyl (C=O) groups is 2. The van der Waals surface area contributed by atoms with Gasteiger partial charge in [-0.25, -0.2) is 0 Å². The first-order valence-electron chi connectivity index (χ1n) is 8.33. The van der Waals surface area contributed by atoms with E-state index in [-0.39, 0.29) is 11.8 Å². The number of aromatic nitrogens is 2. The number of amides is 2. The van der Waals surface area contributed by atoms with Gasteiger partial charge in [-0.2, -0.15) is 11.3 Å². The molecule has 0 aliphatic heterocycles. The lowest BCUT2D eigenvalue weighted by Crippen LogP contribution is -2.17. The number of hydrogen-bond acceptors (Lipinski definition) is 6. The lowest BCUT2D eigenvalue weighted by atomic mass is 10.1. The first-order valence-corrected chi connectivity index (χ1v) is 10.1. The molecule has 2 amide bonds. The Bertz CT molecular complexity index is 1110. The minimum absolute atomic E-state index is 0.260. The van der Waals surface area contributed by atoms with Crippen molar-refractivity contribution in [1.29, 1.82) is 0 Å². The maximum Gasteiger partial charge on any atom is 0.259 e. The fraction of sp³-hybridized carbons (Fsp3) is 0. The molecular weight excluding hydrogens is 392 g/mol. The van der Waals surface area contributed by atoms with Crippen molar-refractivity contribution in [2.45, 2.75) is 0 Å². The van der Waals surface area contributed by atoms with Crippen molar-refractivity contribution in [2.75, 3.05) is 10.6 Å². The Labute approximate surface area is 168 Å². The zero-order chi connectivity index (χ0) is 19.3. The molecule has 0 spiro atoms. The molecule has 28 heavy (non-hydrogen) atoms. The zero-order valence-electron chi connectivity index (χ0n) is 14.5. The number of nitrogens with one attached hydrogen (secondary N) is 2. The first kappa shape index (κ1) is 18.0. The molecule has 2 heterocycles. The van der Waals surface area contributed by atoms with Gasteiger partial charge in [-0.15, -0.1) is 10.2 Å². The number of rotatable bonds is 5. The van der Waals surface area contributed by atoms with E-state index >= 15 is 0 Å². The molecule has 0 bridgehead atoms. The highest BCUT2D eigenvalue weighted by molar-refractivity contribution is 7.18. The number of anilines is 2. The van der Waals surface area contributed by atoms with Crippen LogP contribution in [0.4, 0.5) is 10.8 Å². The average molecular weight is 406 g/mol. The lowest BCUT2D eigenvalue weighted by Gasteiger charge is -2.09. The van der Waals surface area contributed by atoms with Crippen LogP contribution in [-0.4, -0.2) is 22.0 Å². The van der Waals surface area contributed by atoms with Crippen molar-refractivity contribution in [3.8, 4) is 10.6 Å². The molecule has 0 aliphatic rings. The Hall–Kier alpha value is -3.36. The van der Waals surface area contributed by atoms with Crippen LogP contribution in [0.1, 0.15) is 20.7 Å². The fourth-order valence-corrected chi connectivity index (χ4v) is 3.89. The van der Waals surface area contributed by atoms with E-state index in [4.69, 9.17) is 0 Å². The topological polar surface area (TPSA) is 84.0 Å². The summed E-state index contributed by atoms with van der Waals surface area (Å²) in [6.45, 7) is 0. The third-order valence-corrected chi connectivity index (χ3v) is 5.44. The van der Waals surface area contributed by atoms with Gasteiger partial charge >= 0.3 is 0 Å². The summed E-state index contributed by atoms with van der Waals surface area (Å²) in [6, 6.07) is 18.2. The Morgan fingerprint density at radius 1 is 0.821 bits per heavy atom. The van der Waals surface area contributed by atoms with Gasteiger partial charge in [0, 0.05) is 10.9 Å². The van der Waals surface area contributed by atoms with Gasteiger partial charge in [0.25, 0.3) is 11.8 Å². The van der Waals surface area contributed by atoms with Gasteiger partial charge in [0.05, 0.1) is 16.8 Å². The lowest BCUT2D eigenvalue weighted by molar-refractivity contribution is 0.102. The van der Waals surface area contributed by atoms with Crippen LogP contribution in [0.3, 0.4) is 0 Å². The van der Waals surface area contributed by atoms with Crippen LogP contribution in [0, 0.1) is 0 Å². The smallest absolute Gasteiger partial charge is 0.259 e. The van der Waals surface area contributed by atoms with Crippen molar-refractivity contribution >= 4 is 45.3 Å². The molecule has 6 nitrogen and oxygen atoms in total. The normalized spacial score (nSPS) is 10.4. The number of carbonyl (C=O) groups excluding carboxylic acids is 2. The average Bonchev–Trinajstić information content (AvgIpc) is 3.41. The molecule has 4 rings (SSSR count). The summed E-state index contributed by atoms with van der Waals surface area (Å²) < 4.78 is 0. The van der Waals surface area contributed by atoms with Gasteiger partial charge in [0.15, 0.2) is 0 Å². The van der Waals surface area contributed by atoms with E-state index in [1.54, 1.807) is 35.7 Å². The molecule has 0 saturated carbocycles. The van der Waals surface area contributed by atoms with Crippen LogP contribution in [0.25, 0.3) is 10.6 Å². The summed E-state index contributed by atoms with van der Waals surface area (Å²) in [5, 5.41) is 18.4. The predicted octanol–water partition coefficient (Wildman–Crippen LogP) is 4.77. The quantitative estimate of drug-likeness (QED) is 0.500. The van der Waals surface area contributed by atoms with E-state index in [2.05, 4.69) is 20.8 Å². The molecule has 2 aromatic carbocycles. The van der Waals surface area contributed by atoms with Gasteiger partial charge in [-0.1, -0.05) is 53.8 Å². The molecule has 0 atom stereocenters. The molecule has 0 unspecified atom stereocenters. The van der Waals surface area contributed by atoms with E-state index in [9.17, 15) is 9.59 Å². The van der Waals surface area contributed by atoms with E-state index in [0.717, 1.165) is 10.6 Å². The molecule has 0 fully saturated rings. The summed E-state index contributed by atoms with van der Waals surface area (Å²) in [6.07, 6.45) is 0. The summed E-state index contributed by atoms with van der Waals surface area (Å²) in [4.78, 5) is 25.0. The maximum atomic E-state index is 12.7. The van der Waals surface area contributed by atoms with Crippen molar-refractivity contribution < 1.29 is 9.59 Å². The van der Waals surface area contributed by atoms with Crippen molar-refractivity contribution in [1.82, 2.24) is 10.2 Å². The second kappa shape index (κ2) is 8.12. The number of benzene rings is 2. The van der Waals surface area contributed by atoms with E-state index < -0.39 is 0 Å². The molecule has 0 radical (unpaired) electrons. The summed E-state index contributed by atoms with van der Waals surface area (Å²) in [7, 11) is 0. The van der Waals surface area contributed by atoms with Gasteiger partial charge in [0.2, 0.25) is 5.13 Å². The second-order valence-electron chi connectivity index (χ2n) is 5.74. The van der Waals surface area contributed by atoms with Crippen LogP contribution >= 0.6 is 22.7 Å². The molecule has 2 aromatic heterocycles. The minimum Gasteiger partial charge on any atom is -0.321 e. The fourth-order valence-electron chi connectivity index (χ4n) is 2.51. The zero-order valence-corrected chi connectivity index (χ0v) is 16.1. The largest absolute Gasteiger partial charge is 0.321 e. The van der Waals surface area contributed by atoms with Crippen LogP contribution in [-0.2, 0) is 0 Å². The SMILES string of the molecule is O=C(Nc1ccccc1C(=O)Nc1nnc(-c2ccccc2)s1)c1ccsc1. The molecular formula is C20H14N4O2S2. The number of hydrogen-bond donors (Lipinski definition) is 2. The monoisotopic (exact) mass is 406 g/mol. The molecule has 4 aromatic rings. The van der Waals surface area contributed by atoms with E-state index in [1.165, 1.54) is 22.7 Å². The van der Waals surface area contributed by atoms with Crippen molar-refractivity contribution in [3.63, 3.8) is 0 Å². The Morgan fingerprint density at radius 3 is 2.39 bits per heavy atom. The van der Waals surface area contributed by atoms with Gasteiger partial charge < -0.3 is 5.32 Å². The number of nitrogens with zero attached hydrogens (tertiary/aromatic N) is 2. The van der Waals surface area contributed by atoms with Crippen molar-refractivity contribution in [3.05, 3.63) is 82.6 Å². The third-order valence-electron chi connectivity index (χ3n) is 3.87. The van der Waals surface area contributed by atoms with Crippen LogP contribution in [0.2, 0.25) is 0 Å². The molecule has 8 heteroatoms. The first-order chi connectivity index (χ1) is 13.7. The summed E-state index contributed by atoms with van der Waals surface area (Å²) in [5.41, 5.74) is 2.27. The number of thiophene rings is 1. The maximum absolute atomic E-state index is 12.7. The van der Waals surface area contributed by atoms with Crippen molar-refractivity contribution in [2.24, 2.45) is 0 Å². The van der Waals surface area contributed by atoms with Crippen LogP contribution < -0.4 is 10.6 Å². The van der Waals surface area contributed by atoms with Gasteiger partial charge in [0.1, 0.15) is 5.01 Å². The summed E-state index contributed by atoms with van der Waals surface area (Å²) >= 11 is 2.72. The van der Waals surface area contributed by atoms with Crippen LogP contribution in [0.15, 0.2) is 71.4 Å². The highest BCUT2D eigenvalue weighted by Gasteiger charge is 2.16. The van der Waals surface area contributed by atoms with Gasteiger partial charge in [-0.05, 0) is 23.6 Å². The van der Waals surface area contributed by atoms with E-state index in [1.807, 2.05) is 35.7 Å². The van der Waals surface area contributed by atoms with E-state index in [0.29, 0.717) is 21.9 Å². The minimum atomic E-state index is -0.364. The molecule has 2 N–H and O–H groups in total. The molecule has 0 saturated heterocycles. The standard InChI is InChI=1S/C20H14N4O2S2/c25-17(14-10-11-27-12-14)21-16-9-5-4-8-15(16)18(26)22-20-24-23-19(28-20)13-6-2-1-3-7-13/h1-12H,(H,21,25)(H,22,24,26). The molecule has 138 valence electrons. The Morgan fingerprint density at radius 2 is 1.61 bits per heavy atom. The predicted molar refractivity (Wildman–Crippen MR) is 112 cm³/mol.